The van der Waals surface area contributed by atoms with E-state index in [0.29, 0.717) is 41.1 Å². The number of halogens is 1. The Morgan fingerprint density at radius 3 is 2.77 bits per heavy atom. The van der Waals surface area contributed by atoms with E-state index in [4.69, 9.17) is 0 Å². The molecule has 0 saturated carbocycles. The zero-order chi connectivity index (χ0) is 27.5. The molecule has 12 heteroatoms. The highest BCUT2D eigenvalue weighted by molar-refractivity contribution is 5.63. The molecule has 2 aromatic heterocycles. The van der Waals surface area contributed by atoms with Crippen molar-refractivity contribution in [2.75, 3.05) is 30.3 Å². The van der Waals surface area contributed by atoms with Crippen LogP contribution in [0.15, 0.2) is 23.1 Å². The van der Waals surface area contributed by atoms with E-state index >= 15 is 4.39 Å². The summed E-state index contributed by atoms with van der Waals surface area (Å²) >= 11 is 0. The van der Waals surface area contributed by atoms with Gasteiger partial charge in [0.05, 0.1) is 17.6 Å². The number of nitrogens with zero attached hydrogens (tertiary/aromatic N) is 8. The second-order valence-corrected chi connectivity index (χ2v) is 10.6. The van der Waals surface area contributed by atoms with E-state index in [9.17, 15) is 10.1 Å². The summed E-state index contributed by atoms with van der Waals surface area (Å²) in [5, 5.41) is 23.8. The lowest BCUT2D eigenvalue weighted by Gasteiger charge is -2.44. The predicted molar refractivity (Wildman–Crippen MR) is 146 cm³/mol. The Balaban J connectivity index is 1.41. The topological polar surface area (TPSA) is 130 Å². The summed E-state index contributed by atoms with van der Waals surface area (Å²) in [6.45, 7) is 7.00. The average Bonchev–Trinajstić information content (AvgIpc) is 3.29. The molecule has 0 amide bonds. The summed E-state index contributed by atoms with van der Waals surface area (Å²) in [4.78, 5) is 24.0. The normalized spacial score (nSPS) is 20.2. The third-order valence-corrected chi connectivity index (χ3v) is 8.13. The molecule has 2 N–H and O–H groups in total. The van der Waals surface area contributed by atoms with E-state index in [1.54, 1.807) is 0 Å². The van der Waals surface area contributed by atoms with Gasteiger partial charge in [-0.15, -0.1) is 0 Å². The van der Waals surface area contributed by atoms with Crippen LogP contribution in [-0.2, 0) is 7.05 Å². The molecule has 1 aromatic carbocycles. The molecule has 5 rings (SSSR count). The van der Waals surface area contributed by atoms with Crippen molar-refractivity contribution in [2.45, 2.75) is 64.3 Å². The highest BCUT2D eigenvalue weighted by atomic mass is 19.1. The van der Waals surface area contributed by atoms with Crippen LogP contribution in [0.3, 0.4) is 0 Å². The second-order valence-electron chi connectivity index (χ2n) is 10.6. The molecule has 11 nitrogen and oxygen atoms in total. The predicted octanol–water partition coefficient (Wildman–Crippen LogP) is 3.70. The van der Waals surface area contributed by atoms with Crippen LogP contribution < -0.4 is 16.3 Å². The maximum atomic E-state index is 15.3. The van der Waals surface area contributed by atoms with E-state index in [1.807, 2.05) is 13.8 Å². The van der Waals surface area contributed by atoms with Gasteiger partial charge in [-0.2, -0.15) is 19.6 Å². The maximum Gasteiger partial charge on any atom is 0.368 e. The second kappa shape index (κ2) is 11.5. The number of benzene rings is 1. The molecule has 206 valence electrons. The Bertz CT molecular complexity index is 1420. The van der Waals surface area contributed by atoms with Gasteiger partial charge in [0.25, 0.3) is 0 Å². The molecule has 0 bridgehead atoms. The first-order chi connectivity index (χ1) is 18.9. The van der Waals surface area contributed by atoms with Gasteiger partial charge < -0.3 is 15.5 Å². The van der Waals surface area contributed by atoms with Gasteiger partial charge in [-0.05, 0) is 85.2 Å². The fraction of sp³-hybridized carbons (Fsp3) is 0.556. The van der Waals surface area contributed by atoms with Gasteiger partial charge in [-0.25, -0.2) is 14.2 Å². The molecule has 3 aromatic rings. The number of anilines is 3. The van der Waals surface area contributed by atoms with E-state index in [2.05, 4.69) is 42.0 Å². The molecule has 1 unspecified atom stereocenters. The van der Waals surface area contributed by atoms with Crippen molar-refractivity contribution in [2.24, 2.45) is 13.0 Å². The number of aromatic nitrogens is 6. The van der Waals surface area contributed by atoms with Gasteiger partial charge >= 0.3 is 5.69 Å². The number of hydrogen-bond donors (Lipinski definition) is 2. The lowest BCUT2D eigenvalue weighted by atomic mass is 9.83. The summed E-state index contributed by atoms with van der Waals surface area (Å²) in [7, 11) is 1.51. The van der Waals surface area contributed by atoms with Crippen LogP contribution in [0, 0.1) is 23.1 Å². The zero-order valence-electron chi connectivity index (χ0n) is 22.7. The molecule has 4 heterocycles. The van der Waals surface area contributed by atoms with Crippen molar-refractivity contribution in [1.82, 2.24) is 34.7 Å². The minimum absolute atomic E-state index is 0.0145. The summed E-state index contributed by atoms with van der Waals surface area (Å²) in [5.74, 6) is 0.528. The Hall–Kier alpha value is -3.85. The van der Waals surface area contributed by atoms with Gasteiger partial charge in [0.2, 0.25) is 5.95 Å². The lowest BCUT2D eigenvalue weighted by Crippen LogP contribution is -2.49. The number of fused-ring (bicyclic) bond motifs is 1. The fourth-order valence-corrected chi connectivity index (χ4v) is 5.76. The molecule has 0 spiro atoms. The molecule has 3 atom stereocenters. The Kier molecular flexibility index (Phi) is 7.88. The maximum absolute atomic E-state index is 15.3. The van der Waals surface area contributed by atoms with Crippen LogP contribution >= 0.6 is 0 Å². The quantitative estimate of drug-likeness (QED) is 0.444. The lowest BCUT2D eigenvalue weighted by molar-refractivity contribution is 0.0649. The summed E-state index contributed by atoms with van der Waals surface area (Å²) in [5.41, 5.74) is 1.08. The van der Waals surface area contributed by atoms with Crippen LogP contribution in [0.5, 0.6) is 0 Å². The minimum Gasteiger partial charge on any atom is -0.368 e. The Morgan fingerprint density at radius 2 is 2.03 bits per heavy atom. The van der Waals surface area contributed by atoms with Gasteiger partial charge in [0.15, 0.2) is 0 Å². The van der Waals surface area contributed by atoms with Crippen LogP contribution in [0.2, 0.25) is 0 Å². The number of piperidine rings is 2. The molecule has 2 fully saturated rings. The molecule has 2 aliphatic heterocycles. The van der Waals surface area contributed by atoms with Crippen molar-refractivity contribution in [3.63, 3.8) is 0 Å². The van der Waals surface area contributed by atoms with E-state index in [-0.39, 0.29) is 17.6 Å². The highest BCUT2D eigenvalue weighted by Gasteiger charge is 2.33. The number of tetrazole rings is 1. The van der Waals surface area contributed by atoms with Crippen molar-refractivity contribution < 1.29 is 4.39 Å². The summed E-state index contributed by atoms with van der Waals surface area (Å²) in [6, 6.07) is 5.65. The molecule has 2 aliphatic rings. The molecular formula is C27H35FN10O. The number of hydrogen-bond acceptors (Lipinski definition) is 9. The van der Waals surface area contributed by atoms with Crippen molar-refractivity contribution in [1.29, 1.82) is 5.26 Å². The molecular weight excluding hydrogens is 499 g/mol. The first kappa shape index (κ1) is 26.7. The number of nitriles is 1. The third kappa shape index (κ3) is 5.49. The van der Waals surface area contributed by atoms with Crippen molar-refractivity contribution >= 4 is 17.5 Å². The molecule has 0 radical (unpaired) electrons. The summed E-state index contributed by atoms with van der Waals surface area (Å²) in [6.07, 6.45) is 8.23. The van der Waals surface area contributed by atoms with E-state index in [0.717, 1.165) is 35.3 Å². The first-order valence-corrected chi connectivity index (χ1v) is 13.7. The average molecular weight is 535 g/mol. The number of nitrogens with one attached hydrogen (secondary N) is 2. The molecule has 2 saturated heterocycles. The van der Waals surface area contributed by atoms with Gasteiger partial charge in [0.1, 0.15) is 23.3 Å². The van der Waals surface area contributed by atoms with Crippen LogP contribution in [0.1, 0.15) is 69.4 Å². The van der Waals surface area contributed by atoms with Crippen LogP contribution in [0.25, 0.3) is 5.69 Å². The first-order valence-electron chi connectivity index (χ1n) is 13.7. The van der Waals surface area contributed by atoms with Crippen molar-refractivity contribution in [3.05, 3.63) is 45.8 Å². The van der Waals surface area contributed by atoms with E-state index < -0.39 is 11.5 Å². The Labute approximate surface area is 227 Å². The van der Waals surface area contributed by atoms with Gasteiger partial charge in [-0.3, -0.25) is 0 Å². The SMILES string of the molecule is CCC(C)c1cc(F)c(Nc2ncc(C#N)c(NC[C@@H]3CCCN4CCCC[C@H]34)n2)cc1-n1nnn(C)c1=O. The Morgan fingerprint density at radius 1 is 1.21 bits per heavy atom. The van der Waals surface area contributed by atoms with E-state index in [1.165, 1.54) is 51.1 Å². The third-order valence-electron chi connectivity index (χ3n) is 8.13. The molecule has 0 aliphatic carbocycles. The standard InChI is InChI=1S/C27H35FN10O/c1-4-17(2)20-12-21(28)22(13-24(20)38-27(39)36(3)34-35-38)32-26-31-16-19(14-29)25(33-26)30-15-18-8-7-11-37-10-6-5-9-23(18)37/h12-13,16-18,23H,4-11,15H2,1-3H3,(H2,30,31,32,33)/t17?,18-,23+/m0/s1. The van der Waals surface area contributed by atoms with Crippen molar-refractivity contribution in [3.8, 4) is 11.8 Å². The highest BCUT2D eigenvalue weighted by Crippen LogP contribution is 2.32. The van der Waals surface area contributed by atoms with Gasteiger partial charge in [-0.1, -0.05) is 20.3 Å². The summed E-state index contributed by atoms with van der Waals surface area (Å²) < 4.78 is 17.6. The monoisotopic (exact) mass is 534 g/mol. The van der Waals surface area contributed by atoms with Gasteiger partial charge in [0, 0.05) is 19.6 Å². The largest absolute Gasteiger partial charge is 0.368 e. The number of rotatable bonds is 8. The zero-order valence-corrected chi connectivity index (χ0v) is 22.7. The molecule has 39 heavy (non-hydrogen) atoms. The van der Waals surface area contributed by atoms with Crippen LogP contribution in [0.4, 0.5) is 21.8 Å². The fourth-order valence-electron chi connectivity index (χ4n) is 5.76. The smallest absolute Gasteiger partial charge is 0.368 e. The van der Waals surface area contributed by atoms with Crippen LogP contribution in [-0.4, -0.2) is 60.3 Å². The number of aryl methyl sites for hydroxylation is 1. The minimum atomic E-state index is -0.506.